The molecule has 3 N–H and O–H groups in total. The first-order chi connectivity index (χ1) is 5.20. The normalized spacial score (nSPS) is 16.4. The fourth-order valence-electron chi connectivity index (χ4n) is 0.511. The number of hydrogen-bond acceptors (Lipinski definition) is 4. The van der Waals surface area contributed by atoms with Crippen molar-refractivity contribution in [3.63, 3.8) is 0 Å². The predicted octanol–water partition coefficient (Wildman–Crippen LogP) is -1.02. The van der Waals surface area contributed by atoms with Crippen LogP contribution >= 0.6 is 0 Å². The zero-order valence-electron chi connectivity index (χ0n) is 6.73. The molecule has 0 fully saturated rings. The van der Waals surface area contributed by atoms with E-state index in [1.54, 1.807) is 0 Å². The van der Waals surface area contributed by atoms with E-state index in [9.17, 15) is 0 Å². The molecule has 0 radical (unpaired) electrons. The van der Waals surface area contributed by atoms with E-state index in [1.165, 1.54) is 0 Å². The number of hydrogen-bond donors (Lipinski definition) is 3. The first-order valence-electron chi connectivity index (χ1n) is 3.68. The molecule has 2 atom stereocenters. The lowest BCUT2D eigenvalue weighted by molar-refractivity contribution is -0.00837. The topological polar surface area (TPSA) is 69.9 Å². The summed E-state index contributed by atoms with van der Waals surface area (Å²) < 4.78 is 4.97. The Labute approximate surface area is 66.4 Å². The zero-order chi connectivity index (χ0) is 8.69. The van der Waals surface area contributed by atoms with Gasteiger partial charge in [0.05, 0.1) is 19.8 Å². The minimum absolute atomic E-state index is 0.0786. The van der Waals surface area contributed by atoms with Crippen molar-refractivity contribution in [2.75, 3.05) is 26.4 Å². The summed E-state index contributed by atoms with van der Waals surface area (Å²) in [7, 11) is 0. The van der Waals surface area contributed by atoms with Crippen LogP contribution in [-0.4, -0.2) is 47.9 Å². The number of aliphatic hydroxyl groups is 3. The monoisotopic (exact) mass is 164 g/mol. The van der Waals surface area contributed by atoms with Gasteiger partial charge < -0.3 is 20.1 Å². The van der Waals surface area contributed by atoms with Gasteiger partial charge in [0.15, 0.2) is 0 Å². The van der Waals surface area contributed by atoms with E-state index in [2.05, 4.69) is 0 Å². The number of rotatable bonds is 6. The van der Waals surface area contributed by atoms with Crippen molar-refractivity contribution in [3.05, 3.63) is 0 Å². The van der Waals surface area contributed by atoms with Crippen LogP contribution in [0.1, 0.15) is 6.92 Å². The molecule has 11 heavy (non-hydrogen) atoms. The van der Waals surface area contributed by atoms with Gasteiger partial charge in [-0.05, 0) is 0 Å². The van der Waals surface area contributed by atoms with Gasteiger partial charge in [0.1, 0.15) is 6.10 Å². The van der Waals surface area contributed by atoms with Gasteiger partial charge >= 0.3 is 0 Å². The van der Waals surface area contributed by atoms with Gasteiger partial charge in [-0.2, -0.15) is 0 Å². The van der Waals surface area contributed by atoms with Crippen LogP contribution in [0, 0.1) is 5.92 Å². The van der Waals surface area contributed by atoms with Crippen molar-refractivity contribution < 1.29 is 20.1 Å². The van der Waals surface area contributed by atoms with Crippen LogP contribution in [0.4, 0.5) is 0 Å². The van der Waals surface area contributed by atoms with E-state index in [0.29, 0.717) is 6.61 Å². The van der Waals surface area contributed by atoms with Gasteiger partial charge in [-0.15, -0.1) is 0 Å². The van der Waals surface area contributed by atoms with E-state index in [4.69, 9.17) is 20.1 Å². The Morgan fingerprint density at radius 2 is 1.82 bits per heavy atom. The Balaban J connectivity index is 3.13. The molecular formula is C7H16O4. The summed E-state index contributed by atoms with van der Waals surface area (Å²) in [4.78, 5) is 0. The molecule has 0 aliphatic heterocycles. The maximum absolute atomic E-state index is 8.81. The van der Waals surface area contributed by atoms with Crippen molar-refractivity contribution in [1.29, 1.82) is 0 Å². The van der Waals surface area contributed by atoms with E-state index in [0.717, 1.165) is 0 Å². The standard InChI is InChI=1S/C7H16O4/c1-6(2-8)4-11-5-7(10)3-9/h6-10H,2-5H2,1H3. The molecule has 0 heterocycles. The second-order valence-corrected chi connectivity index (χ2v) is 2.66. The molecule has 4 nitrogen and oxygen atoms in total. The van der Waals surface area contributed by atoms with Crippen LogP contribution in [-0.2, 0) is 4.74 Å². The highest BCUT2D eigenvalue weighted by Crippen LogP contribution is 1.94. The summed E-state index contributed by atoms with van der Waals surface area (Å²) in [6.07, 6.45) is -0.805. The molecule has 0 aromatic rings. The van der Waals surface area contributed by atoms with Gasteiger partial charge in [-0.3, -0.25) is 0 Å². The van der Waals surface area contributed by atoms with E-state index < -0.39 is 6.10 Å². The van der Waals surface area contributed by atoms with Crippen molar-refractivity contribution >= 4 is 0 Å². The summed E-state index contributed by atoms with van der Waals surface area (Å²) in [5.41, 5.74) is 0. The number of aliphatic hydroxyl groups excluding tert-OH is 3. The van der Waals surface area contributed by atoms with Gasteiger partial charge in [0.2, 0.25) is 0 Å². The first kappa shape index (κ1) is 10.8. The van der Waals surface area contributed by atoms with Crippen LogP contribution in [0.2, 0.25) is 0 Å². The molecule has 0 aliphatic rings. The predicted molar refractivity (Wildman–Crippen MR) is 40.2 cm³/mol. The molecule has 0 rings (SSSR count). The fourth-order valence-corrected chi connectivity index (χ4v) is 0.511. The molecule has 0 saturated carbocycles. The lowest BCUT2D eigenvalue weighted by Crippen LogP contribution is -2.21. The average Bonchev–Trinajstić information content (AvgIpc) is 2.04. The maximum atomic E-state index is 8.81. The summed E-state index contributed by atoms with van der Waals surface area (Å²) in [5, 5.41) is 25.7. The third-order valence-electron chi connectivity index (χ3n) is 1.24. The third kappa shape index (κ3) is 6.25. The van der Waals surface area contributed by atoms with Gasteiger partial charge in [0.25, 0.3) is 0 Å². The summed E-state index contributed by atoms with van der Waals surface area (Å²) in [6.45, 7) is 2.17. The number of ether oxygens (including phenoxy) is 1. The second kappa shape index (κ2) is 6.54. The van der Waals surface area contributed by atoms with E-state index in [-0.39, 0.29) is 25.7 Å². The van der Waals surface area contributed by atoms with Crippen LogP contribution in [0.15, 0.2) is 0 Å². The van der Waals surface area contributed by atoms with E-state index in [1.807, 2.05) is 6.92 Å². The van der Waals surface area contributed by atoms with Crippen molar-refractivity contribution in [3.8, 4) is 0 Å². The average molecular weight is 164 g/mol. The molecule has 0 amide bonds. The van der Waals surface area contributed by atoms with Gasteiger partial charge in [0, 0.05) is 12.5 Å². The molecule has 0 aromatic heterocycles. The fraction of sp³-hybridized carbons (Fsp3) is 1.00. The third-order valence-corrected chi connectivity index (χ3v) is 1.24. The maximum Gasteiger partial charge on any atom is 0.100 e. The van der Waals surface area contributed by atoms with Crippen LogP contribution in [0.25, 0.3) is 0 Å². The smallest absolute Gasteiger partial charge is 0.100 e. The second-order valence-electron chi connectivity index (χ2n) is 2.66. The molecule has 0 aromatic carbocycles. The molecule has 68 valence electrons. The Kier molecular flexibility index (Phi) is 6.45. The van der Waals surface area contributed by atoms with Crippen molar-refractivity contribution in [1.82, 2.24) is 0 Å². The Morgan fingerprint density at radius 1 is 1.18 bits per heavy atom. The lowest BCUT2D eigenvalue weighted by Gasteiger charge is -2.10. The molecule has 0 spiro atoms. The Hall–Kier alpha value is -0.160. The quantitative estimate of drug-likeness (QED) is 0.470. The van der Waals surface area contributed by atoms with Crippen LogP contribution in [0.5, 0.6) is 0 Å². The minimum atomic E-state index is -0.805. The molecule has 0 aliphatic carbocycles. The molecule has 2 unspecified atom stereocenters. The Bertz CT molecular complexity index is 76.5. The highest BCUT2D eigenvalue weighted by Gasteiger charge is 2.03. The summed E-state index contributed by atoms with van der Waals surface area (Å²) >= 11 is 0. The minimum Gasteiger partial charge on any atom is -0.396 e. The largest absolute Gasteiger partial charge is 0.396 e. The van der Waals surface area contributed by atoms with Crippen molar-refractivity contribution in [2.45, 2.75) is 13.0 Å². The first-order valence-corrected chi connectivity index (χ1v) is 3.68. The SMILES string of the molecule is CC(CO)COCC(O)CO. The van der Waals surface area contributed by atoms with Crippen LogP contribution in [0.3, 0.4) is 0 Å². The van der Waals surface area contributed by atoms with Gasteiger partial charge in [-0.1, -0.05) is 6.92 Å². The lowest BCUT2D eigenvalue weighted by atomic mass is 10.2. The molecule has 0 bridgehead atoms. The van der Waals surface area contributed by atoms with Gasteiger partial charge in [-0.25, -0.2) is 0 Å². The summed E-state index contributed by atoms with van der Waals surface area (Å²) in [5.74, 6) is 0.0842. The van der Waals surface area contributed by atoms with E-state index >= 15 is 0 Å². The Morgan fingerprint density at radius 3 is 2.27 bits per heavy atom. The van der Waals surface area contributed by atoms with Crippen molar-refractivity contribution in [2.24, 2.45) is 5.92 Å². The van der Waals surface area contributed by atoms with Crippen LogP contribution < -0.4 is 0 Å². The molecule has 4 heteroatoms. The highest BCUT2D eigenvalue weighted by atomic mass is 16.5. The summed E-state index contributed by atoms with van der Waals surface area (Å²) in [6, 6.07) is 0. The molecule has 0 saturated heterocycles. The zero-order valence-corrected chi connectivity index (χ0v) is 6.73. The molecular weight excluding hydrogens is 148 g/mol. The highest BCUT2D eigenvalue weighted by molar-refractivity contribution is 4.51.